The standard InChI is InChI=1S/C15H19ClN2O5S/c1-3-23-15(20)13-10-17(24(2,21)22)9-12(13)14(19)18(16)11-7-5-4-6-8-11/h4-8,12-13H,3,9-10H2,1-2H3. The number of rotatable bonds is 5. The van der Waals surface area contributed by atoms with Crippen LogP contribution >= 0.6 is 11.8 Å². The second kappa shape index (κ2) is 7.50. The minimum atomic E-state index is -3.53. The molecule has 0 aromatic heterocycles. The van der Waals surface area contributed by atoms with Crippen LogP contribution in [0.3, 0.4) is 0 Å². The number of hydrogen-bond donors (Lipinski definition) is 0. The van der Waals surface area contributed by atoms with Crippen molar-refractivity contribution < 1.29 is 22.7 Å². The van der Waals surface area contributed by atoms with Gasteiger partial charge >= 0.3 is 5.97 Å². The number of anilines is 1. The molecule has 2 unspecified atom stereocenters. The molecule has 2 atom stereocenters. The van der Waals surface area contributed by atoms with Gasteiger partial charge < -0.3 is 4.74 Å². The van der Waals surface area contributed by atoms with Crippen LogP contribution in [0.25, 0.3) is 0 Å². The number of ether oxygens (including phenoxy) is 1. The van der Waals surface area contributed by atoms with Crippen molar-refractivity contribution in [1.82, 2.24) is 4.31 Å². The smallest absolute Gasteiger partial charge is 0.311 e. The average Bonchev–Trinajstić information content (AvgIpc) is 3.00. The van der Waals surface area contributed by atoms with Gasteiger partial charge in [-0.2, -0.15) is 0 Å². The van der Waals surface area contributed by atoms with Gasteiger partial charge in [-0.3, -0.25) is 9.59 Å². The SMILES string of the molecule is CCOC(=O)C1CN(S(C)(=O)=O)CC1C(=O)N(Cl)c1ccccc1. The van der Waals surface area contributed by atoms with E-state index in [9.17, 15) is 18.0 Å². The highest BCUT2D eigenvalue weighted by molar-refractivity contribution is 7.88. The van der Waals surface area contributed by atoms with Crippen molar-refractivity contribution in [2.75, 3.05) is 30.4 Å². The lowest BCUT2D eigenvalue weighted by molar-refractivity contribution is -0.150. The summed E-state index contributed by atoms with van der Waals surface area (Å²) in [6.45, 7) is 1.61. The lowest BCUT2D eigenvalue weighted by Crippen LogP contribution is -2.37. The molecular weight excluding hydrogens is 356 g/mol. The summed E-state index contributed by atoms with van der Waals surface area (Å²) < 4.78 is 30.6. The summed E-state index contributed by atoms with van der Waals surface area (Å²) in [4.78, 5) is 24.8. The first-order valence-electron chi connectivity index (χ1n) is 7.42. The van der Waals surface area contributed by atoms with E-state index in [2.05, 4.69) is 0 Å². The van der Waals surface area contributed by atoms with Gasteiger partial charge in [-0.15, -0.1) is 0 Å². The van der Waals surface area contributed by atoms with E-state index in [4.69, 9.17) is 16.5 Å². The number of esters is 1. The van der Waals surface area contributed by atoms with E-state index < -0.39 is 33.7 Å². The molecule has 0 N–H and O–H groups in total. The monoisotopic (exact) mass is 374 g/mol. The summed E-state index contributed by atoms with van der Waals surface area (Å²) in [5.41, 5.74) is 0.449. The lowest BCUT2D eigenvalue weighted by Gasteiger charge is -2.21. The Morgan fingerprint density at radius 3 is 2.38 bits per heavy atom. The minimum absolute atomic E-state index is 0.0897. The topological polar surface area (TPSA) is 84.0 Å². The molecule has 1 saturated heterocycles. The fourth-order valence-electron chi connectivity index (χ4n) is 2.61. The van der Waals surface area contributed by atoms with E-state index in [1.54, 1.807) is 37.3 Å². The molecule has 24 heavy (non-hydrogen) atoms. The molecule has 1 aliphatic rings. The molecule has 1 heterocycles. The lowest BCUT2D eigenvalue weighted by atomic mass is 9.95. The van der Waals surface area contributed by atoms with Gasteiger partial charge in [-0.1, -0.05) is 18.2 Å². The molecule has 0 bridgehead atoms. The molecule has 1 amide bonds. The highest BCUT2D eigenvalue weighted by Gasteiger charge is 2.47. The van der Waals surface area contributed by atoms with Gasteiger partial charge in [0.1, 0.15) is 0 Å². The largest absolute Gasteiger partial charge is 0.466 e. The Balaban J connectivity index is 2.26. The van der Waals surface area contributed by atoms with Crippen molar-refractivity contribution in [1.29, 1.82) is 0 Å². The second-order valence-corrected chi connectivity index (χ2v) is 7.82. The third kappa shape index (κ3) is 4.06. The number of carbonyl (C=O) groups excluding carboxylic acids is 2. The molecule has 0 saturated carbocycles. The molecule has 1 aliphatic heterocycles. The number of carbonyl (C=O) groups is 2. The Morgan fingerprint density at radius 1 is 1.25 bits per heavy atom. The fourth-order valence-corrected chi connectivity index (χ4v) is 3.71. The van der Waals surface area contributed by atoms with E-state index >= 15 is 0 Å². The number of halogens is 1. The first-order chi connectivity index (χ1) is 11.3. The molecule has 0 radical (unpaired) electrons. The summed E-state index contributed by atoms with van der Waals surface area (Å²) >= 11 is 6.11. The van der Waals surface area contributed by atoms with Crippen molar-refractivity contribution >= 4 is 39.4 Å². The average molecular weight is 375 g/mol. The van der Waals surface area contributed by atoms with Gasteiger partial charge in [0.05, 0.1) is 30.4 Å². The predicted molar refractivity (Wildman–Crippen MR) is 89.8 cm³/mol. The second-order valence-electron chi connectivity index (χ2n) is 5.50. The van der Waals surface area contributed by atoms with Gasteiger partial charge in [-0.05, 0) is 19.1 Å². The highest BCUT2D eigenvalue weighted by atomic mass is 35.5. The maximum absolute atomic E-state index is 12.7. The quantitative estimate of drug-likeness (QED) is 0.572. The zero-order valence-corrected chi connectivity index (χ0v) is 15.0. The highest BCUT2D eigenvalue weighted by Crippen LogP contribution is 2.30. The maximum atomic E-state index is 12.7. The van der Waals surface area contributed by atoms with Crippen LogP contribution in [0.4, 0.5) is 5.69 Å². The van der Waals surface area contributed by atoms with Crippen LogP contribution in [0.5, 0.6) is 0 Å². The van der Waals surface area contributed by atoms with E-state index in [0.717, 1.165) is 15.0 Å². The number of para-hydroxylation sites is 1. The van der Waals surface area contributed by atoms with Gasteiger partial charge in [-0.25, -0.2) is 17.1 Å². The van der Waals surface area contributed by atoms with Crippen LogP contribution in [0.15, 0.2) is 30.3 Å². The molecule has 0 aliphatic carbocycles. The Kier molecular flexibility index (Phi) is 5.84. The van der Waals surface area contributed by atoms with E-state index in [1.165, 1.54) is 0 Å². The molecule has 1 aromatic rings. The molecule has 9 heteroatoms. The van der Waals surface area contributed by atoms with Crippen molar-refractivity contribution in [3.05, 3.63) is 30.3 Å². The molecule has 2 rings (SSSR count). The molecule has 132 valence electrons. The van der Waals surface area contributed by atoms with Crippen LogP contribution in [0, 0.1) is 11.8 Å². The molecule has 0 spiro atoms. The van der Waals surface area contributed by atoms with Gasteiger partial charge in [0, 0.05) is 24.9 Å². The third-order valence-corrected chi connectivity index (χ3v) is 5.44. The van der Waals surface area contributed by atoms with Crippen LogP contribution in [0.1, 0.15) is 6.92 Å². The molecule has 1 aromatic carbocycles. The van der Waals surface area contributed by atoms with Crippen molar-refractivity contribution in [3.8, 4) is 0 Å². The van der Waals surface area contributed by atoms with E-state index in [1.807, 2.05) is 0 Å². The summed E-state index contributed by atoms with van der Waals surface area (Å²) in [5.74, 6) is -2.90. The predicted octanol–water partition coefficient (Wildman–Crippen LogP) is 1.24. The summed E-state index contributed by atoms with van der Waals surface area (Å²) in [6.07, 6.45) is 1.04. The normalized spacial score (nSPS) is 21.5. The van der Waals surface area contributed by atoms with Crippen molar-refractivity contribution in [2.24, 2.45) is 11.8 Å². The molecular formula is C15H19ClN2O5S. The van der Waals surface area contributed by atoms with Crippen LogP contribution in [-0.2, 0) is 24.3 Å². The zero-order chi connectivity index (χ0) is 17.9. The van der Waals surface area contributed by atoms with E-state index in [-0.39, 0.29) is 19.7 Å². The molecule has 7 nitrogen and oxygen atoms in total. The minimum Gasteiger partial charge on any atom is -0.466 e. The van der Waals surface area contributed by atoms with Gasteiger partial charge in [0.15, 0.2) is 0 Å². The number of sulfonamides is 1. The first-order valence-corrected chi connectivity index (χ1v) is 9.61. The zero-order valence-electron chi connectivity index (χ0n) is 13.4. The Labute approximate surface area is 146 Å². The van der Waals surface area contributed by atoms with Crippen LogP contribution in [-0.4, -0.2) is 50.6 Å². The summed E-state index contributed by atoms with van der Waals surface area (Å²) in [5, 5.41) is 0. The number of benzene rings is 1. The summed E-state index contributed by atoms with van der Waals surface area (Å²) in [7, 11) is -3.53. The Hall–Kier alpha value is -1.64. The summed E-state index contributed by atoms with van der Waals surface area (Å²) in [6, 6.07) is 8.51. The Morgan fingerprint density at radius 2 is 1.83 bits per heavy atom. The third-order valence-electron chi connectivity index (χ3n) is 3.84. The Bertz CT molecular complexity index is 710. The van der Waals surface area contributed by atoms with Crippen LogP contribution < -0.4 is 4.42 Å². The number of amides is 1. The first kappa shape index (κ1) is 18.7. The van der Waals surface area contributed by atoms with Gasteiger partial charge in [0.25, 0.3) is 0 Å². The number of hydrogen-bond acceptors (Lipinski definition) is 5. The van der Waals surface area contributed by atoms with Crippen molar-refractivity contribution in [3.63, 3.8) is 0 Å². The number of nitrogens with zero attached hydrogens (tertiary/aromatic N) is 2. The fraction of sp³-hybridized carbons (Fsp3) is 0.467. The maximum Gasteiger partial charge on any atom is 0.311 e. The van der Waals surface area contributed by atoms with E-state index in [0.29, 0.717) is 5.69 Å². The van der Waals surface area contributed by atoms with Gasteiger partial charge in [0.2, 0.25) is 15.9 Å². The van der Waals surface area contributed by atoms with Crippen molar-refractivity contribution in [2.45, 2.75) is 6.92 Å². The van der Waals surface area contributed by atoms with Crippen LogP contribution in [0.2, 0.25) is 0 Å². The molecule has 1 fully saturated rings.